The van der Waals surface area contributed by atoms with Gasteiger partial charge >= 0.3 is 172 Å². The maximum absolute atomic E-state index is 5.32. The molecule has 138 valence electrons. The van der Waals surface area contributed by atoms with Gasteiger partial charge in [-0.1, -0.05) is 0 Å². The third-order valence-electron chi connectivity index (χ3n) is 4.65. The van der Waals surface area contributed by atoms with E-state index in [9.17, 15) is 0 Å². The second kappa shape index (κ2) is 8.43. The maximum atomic E-state index is 5.32. The normalized spacial score (nSPS) is 10.5. The Morgan fingerprint density at radius 1 is 0.500 bits per heavy atom. The van der Waals surface area contributed by atoms with Crippen molar-refractivity contribution >= 4 is 14.5 Å². The van der Waals surface area contributed by atoms with Crippen LogP contribution in [0.4, 0.5) is 0 Å². The van der Waals surface area contributed by atoms with Gasteiger partial charge in [-0.25, -0.2) is 0 Å². The summed E-state index contributed by atoms with van der Waals surface area (Å²) in [6, 6.07) is 31.9. The van der Waals surface area contributed by atoms with Gasteiger partial charge in [0.25, 0.3) is 0 Å². The van der Waals surface area contributed by atoms with Crippen molar-refractivity contribution < 1.29 is 9.47 Å². The van der Waals surface area contributed by atoms with Gasteiger partial charge in [0, 0.05) is 0 Å². The first kappa shape index (κ1) is 18.5. The summed E-state index contributed by atoms with van der Waals surface area (Å²) in [5, 5.41) is 0. The molecule has 4 rings (SSSR count). The van der Waals surface area contributed by atoms with E-state index < -0.39 is 0 Å². The summed E-state index contributed by atoms with van der Waals surface area (Å²) in [6.07, 6.45) is 0. The molecule has 1 heterocycles. The van der Waals surface area contributed by atoms with E-state index in [1.807, 2.05) is 24.3 Å². The Balaban J connectivity index is 1.84. The SMILES string of the molecule is COc1ccc(-c2cc(-c3ccccc3)cc(-c3ccc(OC)cc3)[se+]2)cc1. The zero-order valence-corrected chi connectivity index (χ0v) is 17.6. The number of methoxy groups -OCH3 is 2. The van der Waals surface area contributed by atoms with Gasteiger partial charge in [0.15, 0.2) is 0 Å². The summed E-state index contributed by atoms with van der Waals surface area (Å²) in [4.78, 5) is 0. The van der Waals surface area contributed by atoms with Crippen molar-refractivity contribution in [2.24, 2.45) is 0 Å². The van der Waals surface area contributed by atoms with Crippen molar-refractivity contribution in [3.8, 4) is 42.6 Å². The van der Waals surface area contributed by atoms with Crippen LogP contribution in [0.5, 0.6) is 11.5 Å². The van der Waals surface area contributed by atoms with Crippen LogP contribution in [0.3, 0.4) is 0 Å². The molecule has 0 amide bonds. The van der Waals surface area contributed by atoms with E-state index in [0.29, 0.717) is 0 Å². The summed E-state index contributed by atoms with van der Waals surface area (Å²) >= 11 is 0.210. The van der Waals surface area contributed by atoms with Gasteiger partial charge in [-0.2, -0.15) is 0 Å². The van der Waals surface area contributed by atoms with Crippen LogP contribution in [-0.2, 0) is 0 Å². The fourth-order valence-electron chi connectivity index (χ4n) is 3.09. The minimum atomic E-state index is 0.210. The molecule has 0 aliphatic carbocycles. The van der Waals surface area contributed by atoms with Crippen molar-refractivity contribution in [2.75, 3.05) is 14.2 Å². The first-order valence-electron chi connectivity index (χ1n) is 9.09. The molecule has 0 fully saturated rings. The summed E-state index contributed by atoms with van der Waals surface area (Å²) < 4.78 is 13.4. The average Bonchev–Trinajstić information content (AvgIpc) is 2.79. The minimum absolute atomic E-state index is 0.210. The Bertz CT molecular complexity index is 990. The van der Waals surface area contributed by atoms with Crippen LogP contribution in [0, 0.1) is 0 Å². The van der Waals surface area contributed by atoms with Crippen LogP contribution in [0.15, 0.2) is 91.0 Å². The summed E-state index contributed by atoms with van der Waals surface area (Å²) in [6.45, 7) is 0. The zero-order valence-electron chi connectivity index (χ0n) is 15.9. The molecular formula is C25H21O2Se+. The molecule has 0 atom stereocenters. The molecule has 0 aliphatic rings. The first-order chi connectivity index (χ1) is 13.8. The molecule has 0 radical (unpaired) electrons. The van der Waals surface area contributed by atoms with E-state index in [0.717, 1.165) is 11.5 Å². The van der Waals surface area contributed by atoms with Crippen LogP contribution >= 0.6 is 0 Å². The van der Waals surface area contributed by atoms with Crippen LogP contribution < -0.4 is 9.47 Å². The fourth-order valence-corrected chi connectivity index (χ4v) is 5.44. The average molecular weight is 432 g/mol. The van der Waals surface area contributed by atoms with E-state index in [1.165, 1.54) is 31.1 Å². The second-order valence-corrected chi connectivity index (χ2v) is 8.67. The number of hydrogen-bond acceptors (Lipinski definition) is 2. The zero-order chi connectivity index (χ0) is 19.3. The fraction of sp³-hybridized carbons (Fsp3) is 0.0800. The predicted octanol–water partition coefficient (Wildman–Crippen LogP) is 6.04. The third-order valence-corrected chi connectivity index (χ3v) is 7.06. The monoisotopic (exact) mass is 433 g/mol. The Morgan fingerprint density at radius 3 is 1.39 bits per heavy atom. The van der Waals surface area contributed by atoms with Crippen molar-refractivity contribution in [2.45, 2.75) is 0 Å². The van der Waals surface area contributed by atoms with E-state index in [1.54, 1.807) is 14.2 Å². The van der Waals surface area contributed by atoms with E-state index in [2.05, 4.69) is 66.7 Å². The van der Waals surface area contributed by atoms with Gasteiger partial charge in [-0.3, -0.25) is 0 Å². The van der Waals surface area contributed by atoms with E-state index in [4.69, 9.17) is 9.47 Å². The summed E-state index contributed by atoms with van der Waals surface area (Å²) in [5.41, 5.74) is 4.96. The Hall–Kier alpha value is -2.87. The molecule has 3 heteroatoms. The molecule has 4 aromatic rings. The van der Waals surface area contributed by atoms with Crippen molar-refractivity contribution in [1.82, 2.24) is 0 Å². The van der Waals surface area contributed by atoms with E-state index in [-0.39, 0.29) is 14.5 Å². The number of hydrogen-bond donors (Lipinski definition) is 0. The standard InChI is InChI=1S/C25H21O2Se/c1-26-22-12-8-19(9-13-22)24-16-21(18-6-4-3-5-7-18)17-25(28-24)20-10-14-23(27-2)15-11-20/h3-17H,1-2H3/q+1. The molecular weight excluding hydrogens is 411 g/mol. The number of rotatable bonds is 5. The Labute approximate surface area is 171 Å². The molecule has 28 heavy (non-hydrogen) atoms. The van der Waals surface area contributed by atoms with Crippen molar-refractivity contribution in [3.63, 3.8) is 0 Å². The molecule has 0 bridgehead atoms. The third kappa shape index (κ3) is 4.01. The molecule has 3 aromatic carbocycles. The van der Waals surface area contributed by atoms with Gasteiger partial charge in [-0.05, 0) is 0 Å². The molecule has 0 unspecified atom stereocenters. The van der Waals surface area contributed by atoms with Gasteiger partial charge in [0.1, 0.15) is 0 Å². The van der Waals surface area contributed by atoms with Crippen LogP contribution in [0.1, 0.15) is 0 Å². The van der Waals surface area contributed by atoms with Crippen LogP contribution in [0.25, 0.3) is 31.1 Å². The Morgan fingerprint density at radius 2 is 0.964 bits per heavy atom. The van der Waals surface area contributed by atoms with Gasteiger partial charge in [0.05, 0.1) is 0 Å². The summed E-state index contributed by atoms with van der Waals surface area (Å²) in [7, 11) is 3.40. The molecule has 0 spiro atoms. The van der Waals surface area contributed by atoms with Crippen LogP contribution in [0.2, 0.25) is 0 Å². The predicted molar refractivity (Wildman–Crippen MR) is 117 cm³/mol. The second-order valence-electron chi connectivity index (χ2n) is 6.40. The molecule has 0 N–H and O–H groups in total. The molecule has 0 saturated heterocycles. The quantitative estimate of drug-likeness (QED) is 0.358. The molecule has 1 aromatic heterocycles. The Kier molecular flexibility index (Phi) is 5.57. The first-order valence-corrected chi connectivity index (χ1v) is 10.8. The van der Waals surface area contributed by atoms with Gasteiger partial charge in [0.2, 0.25) is 0 Å². The number of ether oxygens (including phenoxy) is 2. The van der Waals surface area contributed by atoms with Gasteiger partial charge in [-0.15, -0.1) is 0 Å². The van der Waals surface area contributed by atoms with Crippen LogP contribution in [-0.4, -0.2) is 28.7 Å². The molecule has 0 saturated carbocycles. The van der Waals surface area contributed by atoms with Crippen molar-refractivity contribution in [1.29, 1.82) is 0 Å². The van der Waals surface area contributed by atoms with Crippen molar-refractivity contribution in [3.05, 3.63) is 91.0 Å². The van der Waals surface area contributed by atoms with Gasteiger partial charge < -0.3 is 0 Å². The van der Waals surface area contributed by atoms with E-state index >= 15 is 0 Å². The topological polar surface area (TPSA) is 18.5 Å². The molecule has 2 nitrogen and oxygen atoms in total. The summed E-state index contributed by atoms with van der Waals surface area (Å²) in [5.74, 6) is 1.76. The molecule has 0 aliphatic heterocycles. The number of benzene rings is 3.